The van der Waals surface area contributed by atoms with Crippen molar-refractivity contribution in [3.8, 4) is 11.5 Å². The number of hydrogen-bond donors (Lipinski definition) is 3. The minimum absolute atomic E-state index is 0.0775. The van der Waals surface area contributed by atoms with Gasteiger partial charge in [0.05, 0.1) is 17.7 Å². The maximum Gasteiger partial charge on any atom is 0.273 e. The van der Waals surface area contributed by atoms with Crippen molar-refractivity contribution in [2.24, 2.45) is 0 Å². The van der Waals surface area contributed by atoms with E-state index in [0.29, 0.717) is 46.7 Å². The highest BCUT2D eigenvalue weighted by molar-refractivity contribution is 9.10. The Labute approximate surface area is 240 Å². The van der Waals surface area contributed by atoms with E-state index >= 15 is 0 Å². The molecule has 4 rings (SSSR count). The molecule has 3 N–H and O–H groups in total. The molecule has 7 nitrogen and oxygen atoms in total. The van der Waals surface area contributed by atoms with E-state index in [1.54, 1.807) is 42.5 Å². The van der Waals surface area contributed by atoms with Crippen LogP contribution in [0.25, 0.3) is 0 Å². The van der Waals surface area contributed by atoms with Gasteiger partial charge in [0.25, 0.3) is 11.8 Å². The molecule has 9 heteroatoms. The molecule has 0 aliphatic heterocycles. The number of carbonyl (C=O) groups excluding carboxylic acids is 2. The first-order valence-electron chi connectivity index (χ1n) is 12.1. The highest BCUT2D eigenvalue weighted by Gasteiger charge is 2.17. The summed E-state index contributed by atoms with van der Waals surface area (Å²) in [5.41, 5.74) is 7.81. The van der Waals surface area contributed by atoms with Gasteiger partial charge in [-0.2, -0.15) is 0 Å². The lowest BCUT2D eigenvalue weighted by molar-refractivity contribution is 0.0930. The average molecular weight is 605 g/mol. The highest BCUT2D eigenvalue weighted by Crippen LogP contribution is 2.24. The Morgan fingerprint density at radius 1 is 0.692 bits per heavy atom. The van der Waals surface area contributed by atoms with Crippen LogP contribution in [0.4, 0.5) is 0 Å². The lowest BCUT2D eigenvalue weighted by atomic mass is 10.1. The number of amides is 2. The fourth-order valence-corrected chi connectivity index (χ4v) is 4.13. The maximum absolute atomic E-state index is 13.0. The predicted molar refractivity (Wildman–Crippen MR) is 158 cm³/mol. The van der Waals surface area contributed by atoms with E-state index in [-0.39, 0.29) is 5.11 Å². The monoisotopic (exact) mass is 603 g/mol. The van der Waals surface area contributed by atoms with Crippen LogP contribution >= 0.6 is 28.1 Å². The zero-order valence-electron chi connectivity index (χ0n) is 20.9. The SMILES string of the molecule is O=C(NNC(=S)NC(=O)c1cc(Br)ccc1OCCc1ccccc1)c1ccccc1OCc1ccccc1. The van der Waals surface area contributed by atoms with E-state index in [9.17, 15) is 9.59 Å². The van der Waals surface area contributed by atoms with E-state index in [0.717, 1.165) is 11.1 Å². The summed E-state index contributed by atoms with van der Waals surface area (Å²) in [5, 5.41) is 2.50. The molecule has 0 aliphatic rings. The molecule has 0 bridgehead atoms. The molecule has 0 heterocycles. The van der Waals surface area contributed by atoms with E-state index in [1.165, 1.54) is 0 Å². The van der Waals surface area contributed by atoms with Gasteiger partial charge in [0.15, 0.2) is 5.11 Å². The minimum atomic E-state index is -0.482. The molecule has 0 unspecified atom stereocenters. The Hall–Kier alpha value is -4.21. The first-order valence-corrected chi connectivity index (χ1v) is 13.3. The normalized spacial score (nSPS) is 10.3. The molecule has 0 saturated heterocycles. The number of rotatable bonds is 9. The van der Waals surface area contributed by atoms with Gasteiger partial charge in [-0.15, -0.1) is 0 Å². The second kappa shape index (κ2) is 14.1. The Morgan fingerprint density at radius 2 is 1.33 bits per heavy atom. The van der Waals surface area contributed by atoms with Gasteiger partial charge in [-0.05, 0) is 53.7 Å². The van der Waals surface area contributed by atoms with Crippen LogP contribution in [0.2, 0.25) is 0 Å². The lowest BCUT2D eigenvalue weighted by Crippen LogP contribution is -2.48. The maximum atomic E-state index is 13.0. The van der Waals surface area contributed by atoms with E-state index in [2.05, 4.69) is 32.1 Å². The Bertz CT molecular complexity index is 1430. The smallest absolute Gasteiger partial charge is 0.273 e. The molecule has 4 aromatic rings. The van der Waals surface area contributed by atoms with E-state index in [1.807, 2.05) is 60.7 Å². The molecule has 0 spiro atoms. The predicted octanol–water partition coefficient (Wildman–Crippen LogP) is 5.60. The molecule has 0 fully saturated rings. The van der Waals surface area contributed by atoms with Gasteiger partial charge >= 0.3 is 0 Å². The van der Waals surface area contributed by atoms with Crippen LogP contribution in [0, 0.1) is 0 Å². The number of benzene rings is 4. The number of nitrogens with one attached hydrogen (secondary N) is 3. The van der Waals surface area contributed by atoms with Crippen molar-refractivity contribution < 1.29 is 19.1 Å². The zero-order valence-corrected chi connectivity index (χ0v) is 23.3. The van der Waals surface area contributed by atoms with Gasteiger partial charge in [0, 0.05) is 10.9 Å². The third kappa shape index (κ3) is 8.39. The first kappa shape index (κ1) is 27.8. The molecular weight excluding hydrogens is 578 g/mol. The Balaban J connectivity index is 1.31. The molecule has 0 saturated carbocycles. The molecule has 4 aromatic carbocycles. The molecule has 0 radical (unpaired) electrons. The van der Waals surface area contributed by atoms with Crippen LogP contribution in [0.3, 0.4) is 0 Å². The summed E-state index contributed by atoms with van der Waals surface area (Å²) >= 11 is 8.63. The zero-order chi connectivity index (χ0) is 27.5. The molecule has 0 aromatic heterocycles. The van der Waals surface area contributed by atoms with Crippen LogP contribution in [0.1, 0.15) is 31.8 Å². The molecule has 39 heavy (non-hydrogen) atoms. The molecule has 2 amide bonds. The van der Waals surface area contributed by atoms with Gasteiger partial charge in [0.1, 0.15) is 18.1 Å². The molecule has 0 atom stereocenters. The largest absolute Gasteiger partial charge is 0.492 e. The van der Waals surface area contributed by atoms with Crippen molar-refractivity contribution in [3.05, 3.63) is 130 Å². The molecule has 0 aliphatic carbocycles. The van der Waals surface area contributed by atoms with Crippen molar-refractivity contribution in [3.63, 3.8) is 0 Å². The second-order valence-corrected chi connectivity index (χ2v) is 9.68. The summed E-state index contributed by atoms with van der Waals surface area (Å²) in [7, 11) is 0. The summed E-state index contributed by atoms with van der Waals surface area (Å²) in [6, 6.07) is 31.6. The van der Waals surface area contributed by atoms with Crippen molar-refractivity contribution in [1.82, 2.24) is 16.2 Å². The summed E-state index contributed by atoms with van der Waals surface area (Å²) in [5.74, 6) is -0.114. The Morgan fingerprint density at radius 3 is 2.08 bits per heavy atom. The number of hydrazine groups is 1. The van der Waals surface area contributed by atoms with Crippen molar-refractivity contribution in [2.45, 2.75) is 13.0 Å². The van der Waals surface area contributed by atoms with Gasteiger partial charge in [-0.1, -0.05) is 88.7 Å². The van der Waals surface area contributed by atoms with Crippen LogP contribution < -0.4 is 25.6 Å². The number of halogens is 1. The van der Waals surface area contributed by atoms with E-state index in [4.69, 9.17) is 21.7 Å². The standard InChI is InChI=1S/C30H26BrN3O4S/c31-23-15-16-27(37-18-17-21-9-3-1-4-10-21)25(19-23)28(35)32-30(39)34-33-29(36)24-13-7-8-14-26(24)38-20-22-11-5-2-6-12-22/h1-16,19H,17-18,20H2,(H,33,36)(H2,32,34,35,39). The minimum Gasteiger partial charge on any atom is -0.492 e. The third-order valence-corrected chi connectivity index (χ3v) is 6.26. The topological polar surface area (TPSA) is 88.7 Å². The van der Waals surface area contributed by atoms with Gasteiger partial charge in [0.2, 0.25) is 0 Å². The quantitative estimate of drug-likeness (QED) is 0.170. The van der Waals surface area contributed by atoms with Crippen LogP contribution in [-0.2, 0) is 13.0 Å². The summed E-state index contributed by atoms with van der Waals surface area (Å²) < 4.78 is 12.5. The van der Waals surface area contributed by atoms with Gasteiger partial charge in [-0.25, -0.2) is 0 Å². The summed E-state index contributed by atoms with van der Waals surface area (Å²) in [6.07, 6.45) is 0.695. The van der Waals surface area contributed by atoms with Crippen molar-refractivity contribution in [2.75, 3.05) is 6.61 Å². The second-order valence-electron chi connectivity index (χ2n) is 8.36. The van der Waals surface area contributed by atoms with Crippen LogP contribution in [-0.4, -0.2) is 23.5 Å². The van der Waals surface area contributed by atoms with Crippen LogP contribution in [0.5, 0.6) is 11.5 Å². The van der Waals surface area contributed by atoms with Gasteiger partial charge in [-0.3, -0.25) is 25.8 Å². The number of hydrogen-bond acceptors (Lipinski definition) is 5. The molecular formula is C30H26BrN3O4S. The number of carbonyl (C=O) groups is 2. The van der Waals surface area contributed by atoms with Gasteiger partial charge < -0.3 is 9.47 Å². The third-order valence-electron chi connectivity index (χ3n) is 5.56. The number of thiocarbonyl (C=S) groups is 1. The van der Waals surface area contributed by atoms with Crippen LogP contribution in [0.15, 0.2) is 108 Å². The fraction of sp³-hybridized carbons (Fsp3) is 0.100. The summed E-state index contributed by atoms with van der Waals surface area (Å²) in [4.78, 5) is 25.8. The number of ether oxygens (including phenoxy) is 2. The van der Waals surface area contributed by atoms with E-state index < -0.39 is 11.8 Å². The average Bonchev–Trinajstić information content (AvgIpc) is 2.96. The van der Waals surface area contributed by atoms with Crippen molar-refractivity contribution in [1.29, 1.82) is 0 Å². The Kier molecular flexibility index (Phi) is 10.0. The lowest BCUT2D eigenvalue weighted by Gasteiger charge is -2.15. The number of para-hydroxylation sites is 1. The first-order chi connectivity index (χ1) is 19.0. The fourth-order valence-electron chi connectivity index (χ4n) is 3.63. The summed E-state index contributed by atoms with van der Waals surface area (Å²) in [6.45, 7) is 0.714. The molecule has 198 valence electrons. The highest BCUT2D eigenvalue weighted by atomic mass is 79.9. The van der Waals surface area contributed by atoms with Crippen molar-refractivity contribution >= 4 is 45.1 Å².